The molecule has 0 saturated heterocycles. The Hall–Kier alpha value is -3.13. The fourth-order valence-corrected chi connectivity index (χ4v) is 4.13. The zero-order valence-electron chi connectivity index (χ0n) is 18.2. The first-order valence-electron chi connectivity index (χ1n) is 11.1. The number of carbonyl (C=O) groups excluding carboxylic acids is 1. The molecule has 4 N–H and O–H groups in total. The molecule has 0 radical (unpaired) electrons. The van der Waals surface area contributed by atoms with E-state index in [4.69, 9.17) is 5.73 Å². The third-order valence-corrected chi connectivity index (χ3v) is 5.92. The molecule has 1 saturated carbocycles. The number of anilines is 3. The summed E-state index contributed by atoms with van der Waals surface area (Å²) in [6.07, 6.45) is 7.72. The van der Waals surface area contributed by atoms with Crippen molar-refractivity contribution >= 4 is 28.7 Å². The quantitative estimate of drug-likeness (QED) is 0.539. The normalized spacial score (nSPS) is 18.7. The van der Waals surface area contributed by atoms with Gasteiger partial charge in [0.05, 0.1) is 5.69 Å². The molecule has 31 heavy (non-hydrogen) atoms. The second-order valence-corrected chi connectivity index (χ2v) is 8.08. The Labute approximate surface area is 182 Å². The maximum atomic E-state index is 12.7. The van der Waals surface area contributed by atoms with Gasteiger partial charge in [-0.2, -0.15) is 0 Å². The van der Waals surface area contributed by atoms with E-state index in [1.165, 1.54) is 0 Å². The van der Waals surface area contributed by atoms with Gasteiger partial charge in [-0.15, -0.1) is 5.10 Å². The second kappa shape index (κ2) is 9.34. The van der Waals surface area contributed by atoms with Gasteiger partial charge in [0.15, 0.2) is 5.65 Å². The Balaban J connectivity index is 1.57. The number of rotatable bonds is 7. The molecule has 0 bridgehead atoms. The van der Waals surface area contributed by atoms with Crippen molar-refractivity contribution in [1.29, 1.82) is 0 Å². The lowest BCUT2D eigenvalue weighted by Crippen LogP contribution is -2.33. The van der Waals surface area contributed by atoms with Crippen molar-refractivity contribution in [2.24, 2.45) is 5.73 Å². The molecule has 1 aliphatic carbocycles. The minimum Gasteiger partial charge on any atom is -0.366 e. The van der Waals surface area contributed by atoms with Crippen LogP contribution in [0.5, 0.6) is 0 Å². The average Bonchev–Trinajstić information content (AvgIpc) is 3.25. The highest BCUT2D eigenvalue weighted by molar-refractivity contribution is 5.95. The Morgan fingerprint density at radius 2 is 1.97 bits per heavy atom. The van der Waals surface area contributed by atoms with Crippen molar-refractivity contribution in [3.63, 3.8) is 0 Å². The van der Waals surface area contributed by atoms with Gasteiger partial charge in [0, 0.05) is 54.9 Å². The predicted molar refractivity (Wildman–Crippen MR) is 124 cm³/mol. The number of benzene rings is 1. The van der Waals surface area contributed by atoms with Crippen LogP contribution in [0.3, 0.4) is 0 Å². The second-order valence-electron chi connectivity index (χ2n) is 8.08. The van der Waals surface area contributed by atoms with Crippen molar-refractivity contribution < 1.29 is 4.79 Å². The predicted octanol–water partition coefficient (Wildman–Crippen LogP) is 3.64. The van der Waals surface area contributed by atoms with Crippen LogP contribution < -0.4 is 16.4 Å². The van der Waals surface area contributed by atoms with Crippen LogP contribution in [0.1, 0.15) is 49.9 Å². The number of imidazole rings is 1. The molecule has 0 aliphatic heterocycles. The summed E-state index contributed by atoms with van der Waals surface area (Å²) in [7, 11) is 0. The van der Waals surface area contributed by atoms with Crippen molar-refractivity contribution in [2.75, 3.05) is 23.7 Å². The van der Waals surface area contributed by atoms with E-state index in [1.54, 1.807) is 10.7 Å². The van der Waals surface area contributed by atoms with Crippen molar-refractivity contribution in [3.05, 3.63) is 48.3 Å². The van der Waals surface area contributed by atoms with Gasteiger partial charge in [0.2, 0.25) is 0 Å². The van der Waals surface area contributed by atoms with Crippen molar-refractivity contribution in [2.45, 2.75) is 51.6 Å². The molecule has 1 aromatic carbocycles. The molecule has 164 valence electrons. The van der Waals surface area contributed by atoms with Gasteiger partial charge < -0.3 is 21.3 Å². The summed E-state index contributed by atoms with van der Waals surface area (Å²) in [6.45, 7) is 5.36. The fourth-order valence-electron chi connectivity index (χ4n) is 4.13. The van der Waals surface area contributed by atoms with Crippen molar-refractivity contribution in [1.82, 2.24) is 19.5 Å². The highest BCUT2D eigenvalue weighted by Crippen LogP contribution is 2.26. The molecule has 0 atom stereocenters. The van der Waals surface area contributed by atoms with E-state index in [-0.39, 0.29) is 5.91 Å². The first-order valence-corrected chi connectivity index (χ1v) is 11.1. The number of nitrogens with zero attached hydrogens (tertiary/aromatic N) is 4. The lowest BCUT2D eigenvalue weighted by molar-refractivity contribution is 0.0773. The molecule has 1 fully saturated rings. The zero-order chi connectivity index (χ0) is 21.8. The smallest absolute Gasteiger partial charge is 0.253 e. The van der Waals surface area contributed by atoms with Crippen LogP contribution in [0, 0.1) is 0 Å². The molecular weight excluding hydrogens is 390 g/mol. The minimum absolute atomic E-state index is 0.0344. The van der Waals surface area contributed by atoms with Crippen LogP contribution in [0.4, 0.5) is 17.2 Å². The number of fused-ring (bicyclic) bond motifs is 1. The van der Waals surface area contributed by atoms with Crippen LogP contribution >= 0.6 is 0 Å². The summed E-state index contributed by atoms with van der Waals surface area (Å²) in [5.41, 5.74) is 9.11. The molecule has 8 nitrogen and oxygen atoms in total. The number of hydrogen-bond acceptors (Lipinski definition) is 6. The summed E-state index contributed by atoms with van der Waals surface area (Å²) in [4.78, 5) is 19.0. The number of aromatic nitrogens is 3. The van der Waals surface area contributed by atoms with E-state index in [0.29, 0.717) is 30.7 Å². The number of hydrogen-bond donors (Lipinski definition) is 3. The van der Waals surface area contributed by atoms with E-state index in [0.717, 1.165) is 48.5 Å². The summed E-state index contributed by atoms with van der Waals surface area (Å²) in [6, 6.07) is 10.2. The molecule has 3 aromatic rings. The highest BCUT2D eigenvalue weighted by atomic mass is 16.2. The number of nitrogens with two attached hydrogens (primary N) is 1. The molecule has 0 unspecified atom stereocenters. The Kier molecular flexibility index (Phi) is 6.36. The van der Waals surface area contributed by atoms with Gasteiger partial charge >= 0.3 is 0 Å². The Morgan fingerprint density at radius 3 is 2.71 bits per heavy atom. The van der Waals surface area contributed by atoms with E-state index in [1.807, 2.05) is 55.3 Å². The topological polar surface area (TPSA) is 101 Å². The van der Waals surface area contributed by atoms with Crippen LogP contribution in [-0.2, 0) is 0 Å². The standard InChI is InChI=1S/C23H31N7O/c1-3-29(4-2)23(31)16-6-5-7-19(14-16)26-20-15-21(28-30-13-12-25-22(20)30)27-18-10-8-17(24)9-11-18/h5-7,12-15,17-18,26H,3-4,8-11,24H2,1-2H3,(H,27,28)/t17-,18-. The van der Waals surface area contributed by atoms with Gasteiger partial charge in [-0.1, -0.05) is 6.07 Å². The van der Waals surface area contributed by atoms with Crippen LogP contribution in [0.15, 0.2) is 42.7 Å². The fraction of sp³-hybridized carbons (Fsp3) is 0.435. The van der Waals surface area contributed by atoms with Crippen LogP contribution in [-0.4, -0.2) is 50.6 Å². The maximum Gasteiger partial charge on any atom is 0.253 e. The van der Waals surface area contributed by atoms with Gasteiger partial charge in [0.1, 0.15) is 5.82 Å². The van der Waals surface area contributed by atoms with E-state index < -0.39 is 0 Å². The lowest BCUT2D eigenvalue weighted by atomic mass is 9.92. The first-order chi connectivity index (χ1) is 15.1. The van der Waals surface area contributed by atoms with Gasteiger partial charge in [-0.05, 0) is 57.7 Å². The van der Waals surface area contributed by atoms with Gasteiger partial charge in [-0.25, -0.2) is 9.50 Å². The van der Waals surface area contributed by atoms with Gasteiger partial charge in [-0.3, -0.25) is 4.79 Å². The average molecular weight is 422 g/mol. The summed E-state index contributed by atoms with van der Waals surface area (Å²) in [5, 5.41) is 11.6. The molecule has 0 spiro atoms. The Bertz CT molecular complexity index is 1040. The Morgan fingerprint density at radius 1 is 1.19 bits per heavy atom. The molecule has 2 aromatic heterocycles. The molecule has 1 aliphatic rings. The van der Waals surface area contributed by atoms with E-state index >= 15 is 0 Å². The highest BCUT2D eigenvalue weighted by Gasteiger charge is 2.19. The third kappa shape index (κ3) is 4.80. The SMILES string of the molecule is CCN(CC)C(=O)c1cccc(Nc2cc(N[C@H]3CC[C@H](N)CC3)nn3ccnc23)c1. The first kappa shape index (κ1) is 21.1. The zero-order valence-corrected chi connectivity index (χ0v) is 18.2. The van der Waals surface area contributed by atoms with Gasteiger partial charge in [0.25, 0.3) is 5.91 Å². The summed E-state index contributed by atoms with van der Waals surface area (Å²) in [5.74, 6) is 0.830. The molecule has 8 heteroatoms. The maximum absolute atomic E-state index is 12.7. The van der Waals surface area contributed by atoms with E-state index in [9.17, 15) is 4.79 Å². The molecular formula is C23H31N7O. The monoisotopic (exact) mass is 421 g/mol. The number of carbonyl (C=O) groups is 1. The van der Waals surface area contributed by atoms with Crippen LogP contribution in [0.2, 0.25) is 0 Å². The van der Waals surface area contributed by atoms with Crippen molar-refractivity contribution in [3.8, 4) is 0 Å². The third-order valence-electron chi connectivity index (χ3n) is 5.92. The number of amides is 1. The molecule has 2 heterocycles. The summed E-state index contributed by atoms with van der Waals surface area (Å²) >= 11 is 0. The molecule has 4 rings (SSSR count). The largest absolute Gasteiger partial charge is 0.366 e. The van der Waals surface area contributed by atoms with Crippen LogP contribution in [0.25, 0.3) is 5.65 Å². The molecule has 1 amide bonds. The van der Waals surface area contributed by atoms with E-state index in [2.05, 4.69) is 20.7 Å². The summed E-state index contributed by atoms with van der Waals surface area (Å²) < 4.78 is 1.77. The number of nitrogens with one attached hydrogen (secondary N) is 2. The minimum atomic E-state index is 0.0344. The lowest BCUT2D eigenvalue weighted by Gasteiger charge is -2.27.